The summed E-state index contributed by atoms with van der Waals surface area (Å²) in [5, 5.41) is 6.68. The van der Waals surface area contributed by atoms with Crippen molar-refractivity contribution in [2.75, 3.05) is 33.8 Å². The summed E-state index contributed by atoms with van der Waals surface area (Å²) in [5.41, 5.74) is 1.63. The van der Waals surface area contributed by atoms with Crippen LogP contribution in [-0.2, 0) is 48.4 Å². The van der Waals surface area contributed by atoms with Crippen LogP contribution in [-0.4, -0.2) is 115 Å². The van der Waals surface area contributed by atoms with Crippen LogP contribution in [0, 0.1) is 29.6 Å². The number of nitrogens with one attached hydrogen (secondary N) is 3. The number of hydrogen-bond acceptors (Lipinski definition) is 11. The van der Waals surface area contributed by atoms with Gasteiger partial charge < -0.3 is 34.6 Å². The van der Waals surface area contributed by atoms with E-state index in [1.165, 1.54) is 11.0 Å². The largest absolute Gasteiger partial charge is 0.492 e. The van der Waals surface area contributed by atoms with Gasteiger partial charge >= 0.3 is 6.09 Å². The van der Waals surface area contributed by atoms with Crippen molar-refractivity contribution in [3.05, 3.63) is 77.9 Å². The maximum atomic E-state index is 15.4. The second-order valence-corrected chi connectivity index (χ2v) is 22.1. The Morgan fingerprint density at radius 1 is 1.03 bits per heavy atom. The van der Waals surface area contributed by atoms with Crippen LogP contribution in [0.3, 0.4) is 0 Å². The van der Waals surface area contributed by atoms with Crippen LogP contribution in [0.4, 0.5) is 4.79 Å². The van der Waals surface area contributed by atoms with Crippen molar-refractivity contribution < 1.29 is 41.8 Å². The van der Waals surface area contributed by atoms with E-state index in [-0.39, 0.29) is 37.3 Å². The first kappa shape index (κ1) is 46.5. The number of amides is 4. The molecule has 1 saturated heterocycles. The lowest BCUT2D eigenvalue weighted by molar-refractivity contribution is -0.142. The SMILES string of the molecule is C=CC1CC#CC1(NC(=O)C1CC2CN1C(=O)C(C1Cc3ccccc3C1)NC(=O)OC1CC1CCCCCc1c(nc3ccccc3c1OCCCN(C)C)O2)C(=O)NS(=O)(=O)C1(C)CC1. The lowest BCUT2D eigenvalue weighted by Gasteiger charge is -2.35. The lowest BCUT2D eigenvalue weighted by Crippen LogP contribution is -2.65. The van der Waals surface area contributed by atoms with Gasteiger partial charge in [-0.3, -0.25) is 14.4 Å². The third kappa shape index (κ3) is 9.59. The zero-order chi connectivity index (χ0) is 47.1. The molecule has 1 aromatic heterocycles. The van der Waals surface area contributed by atoms with Crippen molar-refractivity contribution in [2.24, 2.45) is 17.8 Å². The Kier molecular flexibility index (Phi) is 13.0. The summed E-state index contributed by atoms with van der Waals surface area (Å²) in [7, 11) is -0.0747. The summed E-state index contributed by atoms with van der Waals surface area (Å²) < 4.78 is 47.5. The monoisotopic (exact) mass is 934 g/mol. The van der Waals surface area contributed by atoms with E-state index in [4.69, 9.17) is 19.2 Å². The molecular weight excluding hydrogens is 873 g/mol. The molecule has 4 amide bonds. The first-order chi connectivity index (χ1) is 32.2. The van der Waals surface area contributed by atoms with Crippen LogP contribution in [0.25, 0.3) is 10.9 Å². The molecule has 2 aliphatic heterocycles. The summed E-state index contributed by atoms with van der Waals surface area (Å²) in [6.45, 7) is 6.72. The van der Waals surface area contributed by atoms with E-state index >= 15 is 9.59 Å². The molecule has 3 fully saturated rings. The van der Waals surface area contributed by atoms with E-state index in [0.717, 1.165) is 67.1 Å². The van der Waals surface area contributed by atoms with Gasteiger partial charge in [-0.2, -0.15) is 0 Å². The number of sulfonamides is 1. The topological polar surface area (TPSA) is 186 Å². The minimum Gasteiger partial charge on any atom is -0.492 e. The van der Waals surface area contributed by atoms with E-state index < -0.39 is 68.2 Å². The van der Waals surface area contributed by atoms with E-state index in [1.54, 1.807) is 6.92 Å². The summed E-state index contributed by atoms with van der Waals surface area (Å²) in [5.74, 6) is 3.67. The predicted octanol–water partition coefficient (Wildman–Crippen LogP) is 4.99. The number of nitrogens with zero attached hydrogens (tertiary/aromatic N) is 3. The number of carbonyl (C=O) groups is 4. The summed E-state index contributed by atoms with van der Waals surface area (Å²) >= 11 is 0. The van der Waals surface area contributed by atoms with Gasteiger partial charge in [-0.15, -0.1) is 6.58 Å². The van der Waals surface area contributed by atoms with Crippen molar-refractivity contribution in [1.29, 1.82) is 0 Å². The van der Waals surface area contributed by atoms with E-state index in [9.17, 15) is 18.0 Å². The number of aromatic nitrogens is 1. The molecule has 3 heterocycles. The molecule has 9 rings (SSSR count). The number of para-hydroxylation sites is 1. The maximum Gasteiger partial charge on any atom is 0.408 e. The second-order valence-electron chi connectivity index (χ2n) is 19.9. The fourth-order valence-corrected chi connectivity index (χ4v) is 11.6. The van der Waals surface area contributed by atoms with Crippen molar-refractivity contribution >= 4 is 44.7 Å². The van der Waals surface area contributed by atoms with Crippen LogP contribution in [0.5, 0.6) is 11.6 Å². The van der Waals surface area contributed by atoms with Gasteiger partial charge in [0.05, 0.1) is 29.0 Å². The van der Waals surface area contributed by atoms with Crippen LogP contribution in [0.1, 0.15) is 87.8 Å². The predicted molar refractivity (Wildman–Crippen MR) is 251 cm³/mol. The Labute approximate surface area is 393 Å². The van der Waals surface area contributed by atoms with E-state index in [0.29, 0.717) is 55.9 Å². The molecule has 6 aliphatic rings. The van der Waals surface area contributed by atoms with Crippen molar-refractivity contribution in [3.8, 4) is 23.5 Å². The summed E-state index contributed by atoms with van der Waals surface area (Å²) in [4.78, 5) is 67.2. The summed E-state index contributed by atoms with van der Waals surface area (Å²) in [6.07, 6.45) is 7.42. The number of ether oxygens (including phenoxy) is 3. The number of carbonyl (C=O) groups excluding carboxylic acids is 4. The third-order valence-corrected chi connectivity index (χ3v) is 16.9. The van der Waals surface area contributed by atoms with Gasteiger partial charge in [0.15, 0.2) is 5.54 Å². The van der Waals surface area contributed by atoms with Gasteiger partial charge in [0.2, 0.25) is 27.7 Å². The number of rotatable bonds is 12. The molecule has 2 aromatic carbocycles. The molecule has 3 N–H and O–H groups in total. The average Bonchev–Trinajstić information content (AvgIpc) is 4.02. The molecule has 7 unspecified atom stereocenters. The Balaban J connectivity index is 1.09. The minimum absolute atomic E-state index is 0.0173. The molecule has 67 heavy (non-hydrogen) atoms. The normalized spacial score (nSPS) is 28.0. The fourth-order valence-electron chi connectivity index (χ4n) is 10.3. The van der Waals surface area contributed by atoms with Gasteiger partial charge in [-0.25, -0.2) is 22.9 Å². The average molecular weight is 935 g/mol. The van der Waals surface area contributed by atoms with Gasteiger partial charge in [0.1, 0.15) is 30.0 Å². The molecule has 3 aromatic rings. The standard InChI is InChI=1S/C51H62N6O9S/c1-5-36-18-13-22-51(36,48(60)55-67(62,63)50(2)23-24-50)54-45(58)41-30-37-31-57(41)47(59)43(35-27-32-15-9-10-16-33(32)28-35)53-49(61)66-42-29-34(42)17-7-6-8-20-39-44(64-26-14-25-56(3)4)38-19-11-12-21-40(38)52-46(39)65-37/h5,9-12,15-16,19,21,34-37,41-43H,1,6-8,14,17-18,20,23-31H2,2-4H3,(H,53,61)(H,54,58)(H,55,60). The Morgan fingerprint density at radius 2 is 1.78 bits per heavy atom. The number of alkyl carbamates (subject to hydrolysis) is 1. The van der Waals surface area contributed by atoms with Crippen LogP contribution in [0.2, 0.25) is 0 Å². The number of fused-ring (bicyclic) bond motifs is 6. The van der Waals surface area contributed by atoms with Crippen molar-refractivity contribution in [2.45, 2.75) is 125 Å². The van der Waals surface area contributed by atoms with Crippen molar-refractivity contribution in [3.63, 3.8) is 0 Å². The van der Waals surface area contributed by atoms with Crippen LogP contribution in [0.15, 0.2) is 61.2 Å². The fraction of sp³-hybridized carbons (Fsp3) is 0.549. The van der Waals surface area contributed by atoms with E-state index in [1.807, 2.05) is 62.6 Å². The first-order valence-electron chi connectivity index (χ1n) is 23.9. The molecule has 15 nitrogen and oxygen atoms in total. The number of benzene rings is 2. The second kappa shape index (κ2) is 18.8. The smallest absolute Gasteiger partial charge is 0.408 e. The Hall–Kier alpha value is -5.66. The molecule has 7 atom stereocenters. The Morgan fingerprint density at radius 3 is 2.51 bits per heavy atom. The summed E-state index contributed by atoms with van der Waals surface area (Å²) in [6, 6.07) is 13.4. The van der Waals surface area contributed by atoms with E-state index in [2.05, 4.69) is 38.7 Å². The van der Waals surface area contributed by atoms with Gasteiger partial charge in [-0.1, -0.05) is 67.2 Å². The van der Waals surface area contributed by atoms with Crippen LogP contribution < -0.4 is 24.8 Å². The highest BCUT2D eigenvalue weighted by molar-refractivity contribution is 7.91. The molecule has 2 bridgehead atoms. The highest BCUT2D eigenvalue weighted by atomic mass is 32.2. The highest BCUT2D eigenvalue weighted by Crippen LogP contribution is 2.44. The Bertz CT molecular complexity index is 2600. The molecule has 0 spiro atoms. The molecule has 16 heteroatoms. The lowest BCUT2D eigenvalue weighted by atomic mass is 9.85. The number of pyridine rings is 1. The zero-order valence-corrected chi connectivity index (χ0v) is 39.5. The number of hydrogen-bond donors (Lipinski definition) is 3. The molecule has 2 saturated carbocycles. The van der Waals surface area contributed by atoms with Gasteiger partial charge in [0.25, 0.3) is 5.91 Å². The maximum absolute atomic E-state index is 15.4. The molecule has 4 aliphatic carbocycles. The van der Waals surface area contributed by atoms with Crippen LogP contribution >= 0.6 is 0 Å². The zero-order valence-electron chi connectivity index (χ0n) is 38.7. The molecule has 356 valence electrons. The van der Waals surface area contributed by atoms with Crippen molar-refractivity contribution in [1.82, 2.24) is 30.1 Å². The highest BCUT2D eigenvalue weighted by Gasteiger charge is 2.56. The third-order valence-electron chi connectivity index (χ3n) is 14.7. The molecule has 0 radical (unpaired) electrons. The van der Waals surface area contributed by atoms with Gasteiger partial charge in [0, 0.05) is 30.7 Å². The van der Waals surface area contributed by atoms with Gasteiger partial charge in [-0.05, 0) is 114 Å². The first-order valence-corrected chi connectivity index (χ1v) is 25.4. The minimum atomic E-state index is -4.12. The quantitative estimate of drug-likeness (QED) is 0.126. The molecular formula is C51H62N6O9S.